The van der Waals surface area contributed by atoms with E-state index >= 15 is 0 Å². The second kappa shape index (κ2) is 11.5. The van der Waals surface area contributed by atoms with Gasteiger partial charge in [-0.25, -0.2) is 4.79 Å². The van der Waals surface area contributed by atoms with Crippen LogP contribution in [0.1, 0.15) is 64.7 Å². The second-order valence-corrected chi connectivity index (χ2v) is 4.80. The van der Waals surface area contributed by atoms with Crippen LogP contribution >= 0.6 is 0 Å². The second-order valence-electron chi connectivity index (χ2n) is 4.80. The highest BCUT2D eigenvalue weighted by molar-refractivity contribution is 5.74. The van der Waals surface area contributed by atoms with Gasteiger partial charge < -0.3 is 14.9 Å². The van der Waals surface area contributed by atoms with Crippen LogP contribution in [0, 0.1) is 0 Å². The molecular weight excluding hydrogens is 232 g/mol. The zero-order valence-electron chi connectivity index (χ0n) is 11.7. The van der Waals surface area contributed by atoms with E-state index in [1.165, 1.54) is 39.2 Å². The summed E-state index contributed by atoms with van der Waals surface area (Å²) in [6, 6.07) is 0. The van der Waals surface area contributed by atoms with Crippen LogP contribution < -0.4 is 0 Å². The fourth-order valence-corrected chi connectivity index (χ4v) is 1.92. The Kier molecular flexibility index (Phi) is 11.1. The topological polar surface area (TPSA) is 66.8 Å². The predicted octanol–water partition coefficient (Wildman–Crippen LogP) is 2.41. The summed E-state index contributed by atoms with van der Waals surface area (Å²) in [6.45, 7) is 2.20. The first-order valence-electron chi connectivity index (χ1n) is 7.07. The van der Waals surface area contributed by atoms with Gasteiger partial charge in [-0.1, -0.05) is 58.3 Å². The number of hydrogen-bond donors (Lipinski definition) is 2. The summed E-state index contributed by atoms with van der Waals surface area (Å²) in [5.41, 5.74) is 0. The lowest BCUT2D eigenvalue weighted by Crippen LogP contribution is -2.34. The zero-order chi connectivity index (χ0) is 13.8. The van der Waals surface area contributed by atoms with Gasteiger partial charge in [0.25, 0.3) is 0 Å². The minimum atomic E-state index is -1.40. The molecule has 4 nitrogen and oxygen atoms in total. The summed E-state index contributed by atoms with van der Waals surface area (Å²) >= 11 is 0. The van der Waals surface area contributed by atoms with Crippen molar-refractivity contribution in [2.45, 2.75) is 76.9 Å². The molecule has 2 unspecified atom stereocenters. The number of unbranched alkanes of at least 4 members (excludes halogenated alkanes) is 7. The normalized spacial score (nSPS) is 14.2. The van der Waals surface area contributed by atoms with E-state index in [0.717, 1.165) is 19.3 Å². The van der Waals surface area contributed by atoms with Gasteiger partial charge in [-0.2, -0.15) is 0 Å². The van der Waals surface area contributed by atoms with Gasteiger partial charge in [0.2, 0.25) is 0 Å². The van der Waals surface area contributed by atoms with Gasteiger partial charge in [-0.3, -0.25) is 0 Å². The van der Waals surface area contributed by atoms with E-state index in [4.69, 9.17) is 0 Å². The third-order valence-corrected chi connectivity index (χ3v) is 3.16. The Morgan fingerprint density at radius 1 is 1.00 bits per heavy atom. The van der Waals surface area contributed by atoms with Gasteiger partial charge in [-0.05, 0) is 6.42 Å². The molecule has 0 amide bonds. The Bertz CT molecular complexity index is 206. The molecule has 0 aromatic rings. The van der Waals surface area contributed by atoms with Crippen LogP contribution in [0.2, 0.25) is 0 Å². The largest absolute Gasteiger partial charge is 0.467 e. The van der Waals surface area contributed by atoms with E-state index in [0.29, 0.717) is 6.42 Å². The lowest BCUT2D eigenvalue weighted by molar-refractivity contribution is -0.156. The van der Waals surface area contributed by atoms with Crippen molar-refractivity contribution >= 4 is 5.97 Å². The Morgan fingerprint density at radius 2 is 1.50 bits per heavy atom. The van der Waals surface area contributed by atoms with Gasteiger partial charge in [0.05, 0.1) is 13.2 Å². The molecule has 0 heterocycles. The number of hydrogen-bond acceptors (Lipinski definition) is 4. The smallest absolute Gasteiger partial charge is 0.337 e. The first-order valence-corrected chi connectivity index (χ1v) is 7.07. The van der Waals surface area contributed by atoms with Crippen molar-refractivity contribution in [3.63, 3.8) is 0 Å². The summed E-state index contributed by atoms with van der Waals surface area (Å²) in [6.07, 6.45) is 7.46. The van der Waals surface area contributed by atoms with E-state index in [1.54, 1.807) is 0 Å². The van der Waals surface area contributed by atoms with Crippen LogP contribution in [0.4, 0.5) is 0 Å². The molecular formula is C14H28O4. The number of esters is 1. The average molecular weight is 260 g/mol. The number of rotatable bonds is 11. The zero-order valence-corrected chi connectivity index (χ0v) is 11.7. The number of carbonyl (C=O) groups is 1. The van der Waals surface area contributed by atoms with Gasteiger partial charge in [0, 0.05) is 0 Å². The van der Waals surface area contributed by atoms with E-state index in [1.807, 2.05) is 0 Å². The van der Waals surface area contributed by atoms with Gasteiger partial charge >= 0.3 is 5.97 Å². The van der Waals surface area contributed by atoms with Crippen LogP contribution in [-0.2, 0) is 9.53 Å². The molecule has 18 heavy (non-hydrogen) atoms. The first kappa shape index (κ1) is 17.4. The summed E-state index contributed by atoms with van der Waals surface area (Å²) < 4.78 is 4.37. The van der Waals surface area contributed by atoms with Crippen molar-refractivity contribution in [2.75, 3.05) is 7.11 Å². The number of methoxy groups -OCH3 is 1. The molecule has 0 aromatic heterocycles. The lowest BCUT2D eigenvalue weighted by Gasteiger charge is -2.15. The van der Waals surface area contributed by atoms with Crippen LogP contribution in [-0.4, -0.2) is 35.5 Å². The summed E-state index contributed by atoms with van der Waals surface area (Å²) in [4.78, 5) is 11.0. The highest BCUT2D eigenvalue weighted by Crippen LogP contribution is 2.12. The highest BCUT2D eigenvalue weighted by atomic mass is 16.5. The van der Waals surface area contributed by atoms with Gasteiger partial charge in [0.15, 0.2) is 6.10 Å². The van der Waals surface area contributed by atoms with Crippen molar-refractivity contribution in [3.8, 4) is 0 Å². The quantitative estimate of drug-likeness (QED) is 0.442. The molecule has 0 radical (unpaired) electrons. The van der Waals surface area contributed by atoms with E-state index in [2.05, 4.69) is 11.7 Å². The van der Waals surface area contributed by atoms with Crippen LogP contribution in [0.3, 0.4) is 0 Å². The summed E-state index contributed by atoms with van der Waals surface area (Å²) in [5.74, 6) is -0.762. The number of aliphatic hydroxyl groups is 2. The third-order valence-electron chi connectivity index (χ3n) is 3.16. The lowest BCUT2D eigenvalue weighted by atomic mass is 10.0. The molecule has 0 fully saturated rings. The molecule has 0 aliphatic rings. The maximum absolute atomic E-state index is 11.0. The molecule has 0 rings (SSSR count). The molecule has 0 aromatic carbocycles. The Morgan fingerprint density at radius 3 is 2.00 bits per heavy atom. The van der Waals surface area contributed by atoms with E-state index in [9.17, 15) is 15.0 Å². The minimum absolute atomic E-state index is 0.450. The van der Waals surface area contributed by atoms with Crippen molar-refractivity contribution in [3.05, 3.63) is 0 Å². The Labute approximate surface area is 110 Å². The molecule has 2 N–H and O–H groups in total. The SMILES string of the molecule is CCCCCCCCCCC(O)C(O)C(=O)OC. The summed E-state index contributed by atoms with van der Waals surface area (Å²) in [5, 5.41) is 18.9. The van der Waals surface area contributed by atoms with Crippen LogP contribution in [0.15, 0.2) is 0 Å². The maximum atomic E-state index is 11.0. The molecule has 108 valence electrons. The van der Waals surface area contributed by atoms with Crippen molar-refractivity contribution in [1.82, 2.24) is 0 Å². The molecule has 0 aliphatic carbocycles. The third kappa shape index (κ3) is 8.48. The molecule has 2 atom stereocenters. The predicted molar refractivity (Wildman–Crippen MR) is 71.3 cm³/mol. The fraction of sp³-hybridized carbons (Fsp3) is 0.929. The minimum Gasteiger partial charge on any atom is -0.467 e. The van der Waals surface area contributed by atoms with Gasteiger partial charge in [-0.15, -0.1) is 0 Å². The first-order chi connectivity index (χ1) is 8.63. The van der Waals surface area contributed by atoms with Gasteiger partial charge in [0.1, 0.15) is 0 Å². The standard InChI is InChI=1S/C14H28O4/c1-3-4-5-6-7-8-9-10-11-12(15)13(16)14(17)18-2/h12-13,15-16H,3-11H2,1-2H3. The maximum Gasteiger partial charge on any atom is 0.337 e. The van der Waals surface area contributed by atoms with E-state index < -0.39 is 18.2 Å². The highest BCUT2D eigenvalue weighted by Gasteiger charge is 2.24. The molecule has 0 spiro atoms. The molecule has 4 heteroatoms. The fourth-order valence-electron chi connectivity index (χ4n) is 1.92. The number of ether oxygens (including phenoxy) is 1. The molecule has 0 bridgehead atoms. The number of carbonyl (C=O) groups excluding carboxylic acids is 1. The van der Waals surface area contributed by atoms with Crippen molar-refractivity contribution < 1.29 is 19.7 Å². The Hall–Kier alpha value is -0.610. The average Bonchev–Trinajstić information content (AvgIpc) is 2.39. The van der Waals surface area contributed by atoms with Crippen molar-refractivity contribution in [1.29, 1.82) is 0 Å². The van der Waals surface area contributed by atoms with Crippen molar-refractivity contribution in [2.24, 2.45) is 0 Å². The molecule has 0 saturated heterocycles. The van der Waals surface area contributed by atoms with Crippen LogP contribution in [0.25, 0.3) is 0 Å². The van der Waals surface area contributed by atoms with Crippen LogP contribution in [0.5, 0.6) is 0 Å². The monoisotopic (exact) mass is 260 g/mol. The Balaban J connectivity index is 3.40. The summed E-state index contributed by atoms with van der Waals surface area (Å²) in [7, 11) is 1.20. The molecule has 0 aliphatic heterocycles. The van der Waals surface area contributed by atoms with E-state index in [-0.39, 0.29) is 0 Å². The molecule has 0 saturated carbocycles. The number of aliphatic hydroxyl groups excluding tert-OH is 2.